The maximum absolute atomic E-state index is 11.7. The highest BCUT2D eigenvalue weighted by Gasteiger charge is 2.30. The van der Waals surface area contributed by atoms with Gasteiger partial charge in [0.2, 0.25) is 5.91 Å². The Labute approximate surface area is 90.4 Å². The van der Waals surface area contributed by atoms with Gasteiger partial charge in [0, 0.05) is 13.2 Å². The molecule has 1 amide bonds. The monoisotopic (exact) mass is 219 g/mol. The SMILES string of the molecule is CCOC[C@H]1CCCN1C(=O)[C@@H](C)Cl. The van der Waals surface area contributed by atoms with Gasteiger partial charge in [0.15, 0.2) is 0 Å². The summed E-state index contributed by atoms with van der Waals surface area (Å²) in [5.74, 6) is 0.0360. The number of halogens is 1. The molecule has 1 saturated heterocycles. The van der Waals surface area contributed by atoms with Gasteiger partial charge in [-0.15, -0.1) is 11.6 Å². The molecule has 2 atom stereocenters. The Morgan fingerprint density at radius 1 is 1.71 bits per heavy atom. The Bertz CT molecular complexity index is 197. The highest BCUT2D eigenvalue weighted by atomic mass is 35.5. The van der Waals surface area contributed by atoms with Crippen molar-refractivity contribution in [3.05, 3.63) is 0 Å². The van der Waals surface area contributed by atoms with E-state index in [1.807, 2.05) is 11.8 Å². The third-order valence-electron chi connectivity index (χ3n) is 2.51. The fourth-order valence-corrected chi connectivity index (χ4v) is 1.91. The molecule has 3 nitrogen and oxygen atoms in total. The van der Waals surface area contributed by atoms with Gasteiger partial charge in [0.05, 0.1) is 12.6 Å². The molecular formula is C10H18ClNO2. The molecule has 1 aliphatic rings. The number of alkyl halides is 1. The topological polar surface area (TPSA) is 29.5 Å². The third-order valence-corrected chi connectivity index (χ3v) is 2.70. The first kappa shape index (κ1) is 11.8. The van der Waals surface area contributed by atoms with Crippen molar-refractivity contribution in [3.63, 3.8) is 0 Å². The van der Waals surface area contributed by atoms with Crippen molar-refractivity contribution in [2.45, 2.75) is 38.1 Å². The highest BCUT2D eigenvalue weighted by molar-refractivity contribution is 6.30. The van der Waals surface area contributed by atoms with Gasteiger partial charge in [0.25, 0.3) is 0 Å². The largest absolute Gasteiger partial charge is 0.380 e. The van der Waals surface area contributed by atoms with E-state index in [0.717, 1.165) is 19.4 Å². The van der Waals surface area contributed by atoms with E-state index in [9.17, 15) is 4.79 Å². The molecule has 1 heterocycles. The summed E-state index contributed by atoms with van der Waals surface area (Å²) in [6, 6.07) is 0.239. The number of hydrogen-bond acceptors (Lipinski definition) is 2. The van der Waals surface area contributed by atoms with Crippen LogP contribution in [-0.4, -0.2) is 42.0 Å². The number of ether oxygens (including phenoxy) is 1. The van der Waals surface area contributed by atoms with Gasteiger partial charge >= 0.3 is 0 Å². The highest BCUT2D eigenvalue weighted by Crippen LogP contribution is 2.19. The maximum Gasteiger partial charge on any atom is 0.240 e. The van der Waals surface area contributed by atoms with Crippen LogP contribution < -0.4 is 0 Å². The lowest BCUT2D eigenvalue weighted by Gasteiger charge is -2.25. The lowest BCUT2D eigenvalue weighted by molar-refractivity contribution is -0.132. The average Bonchev–Trinajstić information content (AvgIpc) is 2.61. The van der Waals surface area contributed by atoms with Gasteiger partial charge in [-0.2, -0.15) is 0 Å². The summed E-state index contributed by atoms with van der Waals surface area (Å²) in [6.45, 7) is 5.86. The average molecular weight is 220 g/mol. The second-order valence-corrected chi connectivity index (χ2v) is 4.26. The fraction of sp³-hybridized carbons (Fsp3) is 0.900. The van der Waals surface area contributed by atoms with Gasteiger partial charge in [-0.3, -0.25) is 4.79 Å². The molecule has 0 spiro atoms. The van der Waals surface area contributed by atoms with Crippen molar-refractivity contribution in [2.24, 2.45) is 0 Å². The Kier molecular flexibility index (Phi) is 4.69. The van der Waals surface area contributed by atoms with Crippen LogP contribution in [0.15, 0.2) is 0 Å². The third kappa shape index (κ3) is 2.85. The number of rotatable bonds is 4. The number of amides is 1. The van der Waals surface area contributed by atoms with E-state index in [-0.39, 0.29) is 11.9 Å². The van der Waals surface area contributed by atoms with Gasteiger partial charge in [0.1, 0.15) is 5.38 Å². The second-order valence-electron chi connectivity index (χ2n) is 3.60. The number of carbonyl (C=O) groups is 1. The summed E-state index contributed by atoms with van der Waals surface area (Å²) in [7, 11) is 0. The summed E-state index contributed by atoms with van der Waals surface area (Å²) in [5.41, 5.74) is 0. The molecule has 4 heteroatoms. The first-order chi connectivity index (χ1) is 6.66. The lowest BCUT2D eigenvalue weighted by Crippen LogP contribution is -2.41. The van der Waals surface area contributed by atoms with Crippen LogP contribution >= 0.6 is 11.6 Å². The van der Waals surface area contributed by atoms with Crippen LogP contribution in [0.25, 0.3) is 0 Å². The summed E-state index contributed by atoms with van der Waals surface area (Å²) < 4.78 is 5.34. The molecule has 1 rings (SSSR count). The molecule has 0 unspecified atom stereocenters. The summed E-state index contributed by atoms with van der Waals surface area (Å²) in [5, 5.41) is -0.419. The van der Waals surface area contributed by atoms with E-state index < -0.39 is 5.38 Å². The Morgan fingerprint density at radius 2 is 2.43 bits per heavy atom. The van der Waals surface area contributed by atoms with Crippen molar-refractivity contribution in [1.82, 2.24) is 4.90 Å². The normalized spacial score (nSPS) is 23.9. The smallest absolute Gasteiger partial charge is 0.240 e. The molecule has 0 radical (unpaired) electrons. The van der Waals surface area contributed by atoms with Crippen LogP contribution in [0.2, 0.25) is 0 Å². The Morgan fingerprint density at radius 3 is 3.00 bits per heavy atom. The minimum Gasteiger partial charge on any atom is -0.380 e. The molecular weight excluding hydrogens is 202 g/mol. The molecule has 14 heavy (non-hydrogen) atoms. The number of carbonyl (C=O) groups excluding carboxylic acids is 1. The van der Waals surface area contributed by atoms with Crippen LogP contribution in [0.3, 0.4) is 0 Å². The fourth-order valence-electron chi connectivity index (χ4n) is 1.78. The van der Waals surface area contributed by atoms with Crippen molar-refractivity contribution < 1.29 is 9.53 Å². The van der Waals surface area contributed by atoms with Crippen molar-refractivity contribution in [2.75, 3.05) is 19.8 Å². The zero-order valence-corrected chi connectivity index (χ0v) is 9.59. The first-order valence-corrected chi connectivity index (χ1v) is 5.62. The van der Waals surface area contributed by atoms with Crippen molar-refractivity contribution in [1.29, 1.82) is 0 Å². The van der Waals surface area contributed by atoms with Gasteiger partial charge in [-0.25, -0.2) is 0 Å². The molecule has 0 saturated carbocycles. The van der Waals surface area contributed by atoms with Crippen LogP contribution in [0, 0.1) is 0 Å². The minimum absolute atomic E-state index is 0.0360. The Balaban J connectivity index is 2.46. The number of hydrogen-bond donors (Lipinski definition) is 0. The van der Waals surface area contributed by atoms with E-state index in [0.29, 0.717) is 13.2 Å². The number of likely N-dealkylation sites (tertiary alicyclic amines) is 1. The second kappa shape index (κ2) is 5.56. The van der Waals surface area contributed by atoms with Gasteiger partial charge < -0.3 is 9.64 Å². The molecule has 0 N–H and O–H groups in total. The lowest BCUT2D eigenvalue weighted by atomic mass is 10.2. The predicted octanol–water partition coefficient (Wildman–Crippen LogP) is 1.64. The van der Waals surface area contributed by atoms with E-state index in [2.05, 4.69) is 0 Å². The zero-order chi connectivity index (χ0) is 10.6. The zero-order valence-electron chi connectivity index (χ0n) is 8.83. The molecule has 0 aromatic heterocycles. The molecule has 0 aromatic carbocycles. The Hall–Kier alpha value is -0.280. The van der Waals surface area contributed by atoms with Gasteiger partial charge in [-0.05, 0) is 26.7 Å². The first-order valence-electron chi connectivity index (χ1n) is 5.19. The van der Waals surface area contributed by atoms with Crippen molar-refractivity contribution in [3.8, 4) is 0 Å². The van der Waals surface area contributed by atoms with Crippen LogP contribution in [0.1, 0.15) is 26.7 Å². The number of nitrogens with zero attached hydrogens (tertiary/aromatic N) is 1. The van der Waals surface area contributed by atoms with E-state index in [1.54, 1.807) is 6.92 Å². The standard InChI is InChI=1S/C10H18ClNO2/c1-3-14-7-9-5-4-6-12(9)10(13)8(2)11/h8-9H,3-7H2,1-2H3/t8-,9-/m1/s1. The summed E-state index contributed by atoms with van der Waals surface area (Å²) in [4.78, 5) is 13.5. The van der Waals surface area contributed by atoms with E-state index in [1.165, 1.54) is 0 Å². The van der Waals surface area contributed by atoms with Crippen LogP contribution in [-0.2, 0) is 9.53 Å². The van der Waals surface area contributed by atoms with Crippen LogP contribution in [0.5, 0.6) is 0 Å². The molecule has 1 aliphatic heterocycles. The molecule has 82 valence electrons. The summed E-state index contributed by atoms with van der Waals surface area (Å²) in [6.07, 6.45) is 2.10. The van der Waals surface area contributed by atoms with Gasteiger partial charge in [-0.1, -0.05) is 0 Å². The molecule has 0 aromatic rings. The van der Waals surface area contributed by atoms with E-state index in [4.69, 9.17) is 16.3 Å². The maximum atomic E-state index is 11.7. The van der Waals surface area contributed by atoms with Crippen molar-refractivity contribution >= 4 is 17.5 Å². The summed E-state index contributed by atoms with van der Waals surface area (Å²) >= 11 is 5.78. The minimum atomic E-state index is -0.419. The molecule has 1 fully saturated rings. The van der Waals surface area contributed by atoms with Crippen LogP contribution in [0.4, 0.5) is 0 Å². The molecule has 0 aliphatic carbocycles. The molecule has 0 bridgehead atoms. The van der Waals surface area contributed by atoms with E-state index >= 15 is 0 Å². The predicted molar refractivity (Wildman–Crippen MR) is 56.5 cm³/mol. The quantitative estimate of drug-likeness (QED) is 0.673.